The van der Waals surface area contributed by atoms with E-state index < -0.39 is 5.60 Å². The van der Waals surface area contributed by atoms with Crippen molar-refractivity contribution in [3.63, 3.8) is 0 Å². The summed E-state index contributed by atoms with van der Waals surface area (Å²) in [6.07, 6.45) is 6.50. The molecular weight excluding hydrogens is 402 g/mol. The van der Waals surface area contributed by atoms with E-state index in [9.17, 15) is 4.79 Å². The second-order valence-corrected chi connectivity index (χ2v) is 9.63. The Bertz CT molecular complexity index is 859. The number of aliphatic hydroxyl groups is 1. The van der Waals surface area contributed by atoms with Gasteiger partial charge in [-0.05, 0) is 84.1 Å². The van der Waals surface area contributed by atoms with E-state index >= 15 is 0 Å². The van der Waals surface area contributed by atoms with Crippen molar-refractivity contribution >= 4 is 18.0 Å². The fourth-order valence-electron chi connectivity index (χ4n) is 3.57. The van der Waals surface area contributed by atoms with Crippen molar-refractivity contribution in [3.8, 4) is 0 Å². The van der Waals surface area contributed by atoms with Crippen LogP contribution in [0.1, 0.15) is 70.8 Å². The van der Waals surface area contributed by atoms with E-state index in [1.807, 2.05) is 11.1 Å². The zero-order valence-electron chi connectivity index (χ0n) is 20.4. The summed E-state index contributed by atoms with van der Waals surface area (Å²) in [5, 5.41) is 15.1. The number of rotatable bonds is 3. The van der Waals surface area contributed by atoms with Gasteiger partial charge in [-0.3, -0.25) is 4.79 Å². The van der Waals surface area contributed by atoms with Crippen LogP contribution in [0, 0.1) is 13.8 Å². The van der Waals surface area contributed by atoms with Crippen LogP contribution in [0.2, 0.25) is 0 Å². The number of nitrogens with zero attached hydrogens (tertiary/aromatic N) is 3. The van der Waals surface area contributed by atoms with Crippen LogP contribution in [0.3, 0.4) is 0 Å². The van der Waals surface area contributed by atoms with Crippen molar-refractivity contribution in [2.24, 2.45) is 0 Å². The second-order valence-electron chi connectivity index (χ2n) is 9.63. The van der Waals surface area contributed by atoms with Gasteiger partial charge in [-0.15, -0.1) is 0 Å². The lowest BCUT2D eigenvalue weighted by Gasteiger charge is -2.29. The third-order valence-electron chi connectivity index (χ3n) is 5.03. The third-order valence-corrected chi connectivity index (χ3v) is 5.03. The quantitative estimate of drug-likeness (QED) is 0.606. The first-order valence-electron chi connectivity index (χ1n) is 11.4. The minimum Gasteiger partial charge on any atom is -0.391 e. The van der Waals surface area contributed by atoms with Gasteiger partial charge < -0.3 is 20.6 Å². The maximum absolute atomic E-state index is 10.3. The van der Waals surface area contributed by atoms with Gasteiger partial charge in [-0.2, -0.15) is 0 Å². The molecule has 2 aliphatic heterocycles. The van der Waals surface area contributed by atoms with E-state index in [1.54, 1.807) is 20.8 Å². The molecule has 7 nitrogen and oxygen atoms in total. The van der Waals surface area contributed by atoms with Gasteiger partial charge in [0.25, 0.3) is 0 Å². The fourth-order valence-corrected chi connectivity index (χ4v) is 3.57. The van der Waals surface area contributed by atoms with Crippen molar-refractivity contribution in [3.05, 3.63) is 46.8 Å². The molecule has 7 heteroatoms. The van der Waals surface area contributed by atoms with Crippen LogP contribution in [-0.4, -0.2) is 44.6 Å². The van der Waals surface area contributed by atoms with Gasteiger partial charge in [0.2, 0.25) is 12.4 Å². The smallest absolute Gasteiger partial charge is 0.227 e. The van der Waals surface area contributed by atoms with Gasteiger partial charge in [0, 0.05) is 44.6 Å². The highest BCUT2D eigenvalue weighted by molar-refractivity contribution is 5.56. The zero-order valence-corrected chi connectivity index (χ0v) is 20.4. The lowest BCUT2D eigenvalue weighted by atomic mass is 10.1. The predicted molar refractivity (Wildman–Crippen MR) is 132 cm³/mol. The number of amides is 1. The third kappa shape index (κ3) is 9.32. The molecule has 0 saturated carbocycles. The van der Waals surface area contributed by atoms with Crippen LogP contribution < -0.4 is 10.6 Å². The Labute approximate surface area is 194 Å². The summed E-state index contributed by atoms with van der Waals surface area (Å²) in [6.45, 7) is 14.2. The molecule has 0 radical (unpaired) electrons. The number of hydrogen-bond donors (Lipinski definition) is 3. The molecule has 2 aliphatic rings. The number of likely N-dealkylation sites (tertiary alicyclic amines) is 1. The fraction of sp³-hybridized carbons (Fsp3) is 0.560. The van der Waals surface area contributed by atoms with Crippen LogP contribution in [0.15, 0.2) is 24.4 Å². The maximum Gasteiger partial charge on any atom is 0.227 e. The monoisotopic (exact) mass is 443 g/mol. The maximum atomic E-state index is 10.3. The lowest BCUT2D eigenvalue weighted by Crippen LogP contribution is -2.35. The van der Waals surface area contributed by atoms with Gasteiger partial charge in [-0.25, -0.2) is 9.97 Å². The molecule has 0 aliphatic carbocycles. The molecule has 1 aromatic heterocycles. The predicted octanol–water partition coefficient (Wildman–Crippen LogP) is 4.48. The molecule has 178 valence electrons. The summed E-state index contributed by atoms with van der Waals surface area (Å²) >= 11 is 0. The Morgan fingerprint density at radius 2 is 1.84 bits per heavy atom. The van der Waals surface area contributed by atoms with E-state index in [-0.39, 0.29) is 1.43 Å². The number of fused-ring (bicyclic) bond motifs is 1. The number of nitrogens with one attached hydrogen (secondary N) is 2. The van der Waals surface area contributed by atoms with E-state index in [2.05, 4.69) is 59.6 Å². The molecule has 0 spiro atoms. The largest absolute Gasteiger partial charge is 0.391 e. The van der Waals surface area contributed by atoms with E-state index in [0.717, 1.165) is 37.4 Å². The van der Waals surface area contributed by atoms with Crippen LogP contribution in [0.5, 0.6) is 0 Å². The summed E-state index contributed by atoms with van der Waals surface area (Å²) in [7, 11) is 0. The second kappa shape index (κ2) is 11.9. The van der Waals surface area contributed by atoms with Crippen molar-refractivity contribution in [1.82, 2.24) is 20.2 Å². The van der Waals surface area contributed by atoms with Crippen molar-refractivity contribution in [2.45, 2.75) is 85.5 Å². The number of anilines is 2. The SMILES string of the molecule is CC(C)(C)O.C[C@@H]1CCCCN1C=O.Cc1cc(C)cc(Nc2ncc3c(n2)CNC3)c1.[HH]. The Balaban J connectivity index is 0.000000305. The number of hydrogen-bond acceptors (Lipinski definition) is 6. The minimum atomic E-state index is -0.500. The molecule has 2 aromatic rings. The Hall–Kier alpha value is -2.51. The van der Waals surface area contributed by atoms with Crippen LogP contribution >= 0.6 is 0 Å². The molecule has 1 saturated heterocycles. The molecule has 1 atom stereocenters. The van der Waals surface area contributed by atoms with Gasteiger partial charge in [0.15, 0.2) is 0 Å². The highest BCUT2D eigenvalue weighted by atomic mass is 16.3. The molecule has 0 unspecified atom stereocenters. The van der Waals surface area contributed by atoms with Crippen molar-refractivity contribution < 1.29 is 11.3 Å². The number of aryl methyl sites for hydroxylation is 2. The molecule has 0 bridgehead atoms. The van der Waals surface area contributed by atoms with Crippen molar-refractivity contribution in [1.29, 1.82) is 0 Å². The first-order chi connectivity index (χ1) is 15.0. The van der Waals surface area contributed by atoms with E-state index in [1.165, 1.54) is 36.0 Å². The van der Waals surface area contributed by atoms with Crippen LogP contribution in [0.25, 0.3) is 0 Å². The summed E-state index contributed by atoms with van der Waals surface area (Å²) in [4.78, 5) is 21.0. The Kier molecular flexibility index (Phi) is 9.60. The Morgan fingerprint density at radius 1 is 1.19 bits per heavy atom. The molecule has 4 rings (SSSR count). The molecule has 32 heavy (non-hydrogen) atoms. The van der Waals surface area contributed by atoms with E-state index in [4.69, 9.17) is 5.11 Å². The topological polar surface area (TPSA) is 90.4 Å². The molecule has 3 N–H and O–H groups in total. The standard InChI is InChI=1S/C14H16N4.C7H13NO.C4H10O.H2/c1-9-3-10(2)5-12(4-9)17-14-16-7-11-6-15-8-13(11)18-14;1-7-4-2-3-5-8(7)6-9;1-4(2,3)5;/h3-5,7,15H,6,8H2,1-2H3,(H,16,17,18);6-7H,2-5H2,1H3;5H,1-3H3;1H/t;7-;;/m.1../s1. The summed E-state index contributed by atoms with van der Waals surface area (Å²) in [6, 6.07) is 6.83. The minimum absolute atomic E-state index is 0. The highest BCUT2D eigenvalue weighted by Gasteiger charge is 2.15. The average molecular weight is 444 g/mol. The Morgan fingerprint density at radius 3 is 2.41 bits per heavy atom. The average Bonchev–Trinajstić information content (AvgIpc) is 3.15. The summed E-state index contributed by atoms with van der Waals surface area (Å²) in [5.41, 5.74) is 5.30. The van der Waals surface area contributed by atoms with Crippen LogP contribution in [-0.2, 0) is 17.9 Å². The van der Waals surface area contributed by atoms with Gasteiger partial charge in [0.1, 0.15) is 0 Å². The number of aromatic nitrogens is 2. The summed E-state index contributed by atoms with van der Waals surface area (Å²) in [5.74, 6) is 0.669. The molecule has 1 fully saturated rings. The van der Waals surface area contributed by atoms with Gasteiger partial charge in [-0.1, -0.05) is 6.07 Å². The number of piperidine rings is 1. The number of benzene rings is 1. The van der Waals surface area contributed by atoms with Crippen molar-refractivity contribution in [2.75, 3.05) is 11.9 Å². The molecule has 3 heterocycles. The van der Waals surface area contributed by atoms with Gasteiger partial charge >= 0.3 is 0 Å². The van der Waals surface area contributed by atoms with Gasteiger partial charge in [0.05, 0.1) is 11.3 Å². The molecule has 1 aromatic carbocycles. The molecular formula is C25H41N5O2. The summed E-state index contributed by atoms with van der Waals surface area (Å²) < 4.78 is 0. The highest BCUT2D eigenvalue weighted by Crippen LogP contribution is 2.19. The number of carbonyl (C=O) groups is 1. The van der Waals surface area contributed by atoms with Crippen LogP contribution in [0.4, 0.5) is 11.6 Å². The first kappa shape index (κ1) is 25.7. The number of carbonyl (C=O) groups excluding carboxylic acids is 1. The first-order valence-corrected chi connectivity index (χ1v) is 11.4. The molecule has 1 amide bonds. The normalized spacial score (nSPS) is 17.3. The zero-order chi connectivity index (χ0) is 23.7. The van der Waals surface area contributed by atoms with E-state index in [0.29, 0.717) is 12.0 Å². The lowest BCUT2D eigenvalue weighted by molar-refractivity contribution is -0.120.